The van der Waals surface area contributed by atoms with Gasteiger partial charge in [0.05, 0.1) is 6.54 Å². The fraction of sp³-hybridized carbons (Fsp3) is 0.750. The molecule has 0 atom stereocenters. The molecule has 1 heterocycles. The molecular formula is C16H26INO. The molecule has 0 bridgehead atoms. The molecule has 0 aliphatic heterocycles. The molecule has 19 heavy (non-hydrogen) atoms. The summed E-state index contributed by atoms with van der Waals surface area (Å²) < 4.78 is 6.57. The maximum atomic E-state index is 5.59. The van der Waals surface area contributed by atoms with Crippen LogP contribution in [-0.4, -0.2) is 6.04 Å². The molecule has 108 valence electrons. The number of halogens is 1. The van der Waals surface area contributed by atoms with Crippen molar-refractivity contribution in [2.45, 2.75) is 65.5 Å². The van der Waals surface area contributed by atoms with Gasteiger partial charge in [0.1, 0.15) is 5.76 Å². The third kappa shape index (κ3) is 4.22. The fourth-order valence-corrected chi connectivity index (χ4v) is 3.52. The van der Waals surface area contributed by atoms with Gasteiger partial charge in [-0.05, 0) is 71.7 Å². The summed E-state index contributed by atoms with van der Waals surface area (Å²) in [5, 5.41) is 3.64. The Morgan fingerprint density at radius 2 is 1.95 bits per heavy atom. The maximum Gasteiger partial charge on any atom is 0.164 e. The first kappa shape index (κ1) is 15.4. The average molecular weight is 375 g/mol. The normalized spacial score (nSPS) is 24.6. The van der Waals surface area contributed by atoms with Gasteiger partial charge in [0, 0.05) is 6.04 Å². The summed E-state index contributed by atoms with van der Waals surface area (Å²) in [5.41, 5.74) is 0.516. The van der Waals surface area contributed by atoms with Gasteiger partial charge in [-0.25, -0.2) is 0 Å². The Morgan fingerprint density at radius 1 is 1.26 bits per heavy atom. The highest BCUT2D eigenvalue weighted by molar-refractivity contribution is 14.1. The highest BCUT2D eigenvalue weighted by Crippen LogP contribution is 2.40. The standard InChI is InChI=1S/C16H26INO/c1-4-16(2,3)12-5-7-13(8-6-12)18-11-14-9-10-15(17)19-14/h9-10,12-13,18H,4-8,11H2,1-3H3. The molecule has 1 N–H and O–H groups in total. The van der Waals surface area contributed by atoms with Crippen LogP contribution in [-0.2, 0) is 6.54 Å². The van der Waals surface area contributed by atoms with Crippen LogP contribution in [0.1, 0.15) is 58.6 Å². The minimum Gasteiger partial charge on any atom is -0.454 e. The predicted octanol–water partition coefficient (Wildman–Crippen LogP) is 4.97. The number of rotatable bonds is 5. The maximum absolute atomic E-state index is 5.59. The average Bonchev–Trinajstić information content (AvgIpc) is 2.83. The Kier molecular flexibility index (Phi) is 5.35. The second kappa shape index (κ2) is 6.61. The zero-order chi connectivity index (χ0) is 13.9. The van der Waals surface area contributed by atoms with Crippen molar-refractivity contribution in [3.8, 4) is 0 Å². The Morgan fingerprint density at radius 3 is 2.47 bits per heavy atom. The van der Waals surface area contributed by atoms with Gasteiger partial charge in [-0.3, -0.25) is 0 Å². The molecule has 1 aliphatic carbocycles. The van der Waals surface area contributed by atoms with E-state index in [1.807, 2.05) is 6.07 Å². The molecule has 2 nitrogen and oxygen atoms in total. The van der Waals surface area contributed by atoms with E-state index in [0.717, 1.165) is 22.0 Å². The molecule has 2 rings (SSSR count). The van der Waals surface area contributed by atoms with Crippen molar-refractivity contribution in [2.75, 3.05) is 0 Å². The summed E-state index contributed by atoms with van der Waals surface area (Å²) >= 11 is 2.22. The smallest absolute Gasteiger partial charge is 0.164 e. The Bertz CT molecular complexity index is 391. The molecule has 0 radical (unpaired) electrons. The van der Waals surface area contributed by atoms with Gasteiger partial charge >= 0.3 is 0 Å². The van der Waals surface area contributed by atoms with Gasteiger partial charge in [-0.1, -0.05) is 27.2 Å². The van der Waals surface area contributed by atoms with E-state index in [4.69, 9.17) is 4.42 Å². The number of hydrogen-bond acceptors (Lipinski definition) is 2. The molecule has 3 heteroatoms. The molecule has 1 aromatic heterocycles. The summed E-state index contributed by atoms with van der Waals surface area (Å²) in [7, 11) is 0. The first-order valence-electron chi connectivity index (χ1n) is 7.49. The number of furan rings is 1. The van der Waals surface area contributed by atoms with E-state index in [1.165, 1.54) is 32.1 Å². The molecule has 1 aromatic rings. The van der Waals surface area contributed by atoms with E-state index in [-0.39, 0.29) is 0 Å². The Balaban J connectivity index is 1.74. The van der Waals surface area contributed by atoms with Crippen molar-refractivity contribution in [3.05, 3.63) is 21.7 Å². The van der Waals surface area contributed by atoms with Crippen LogP contribution in [0.25, 0.3) is 0 Å². The van der Waals surface area contributed by atoms with Crippen molar-refractivity contribution in [1.29, 1.82) is 0 Å². The topological polar surface area (TPSA) is 25.2 Å². The van der Waals surface area contributed by atoms with Crippen molar-refractivity contribution >= 4 is 22.6 Å². The van der Waals surface area contributed by atoms with E-state index in [1.54, 1.807) is 0 Å². The summed E-state index contributed by atoms with van der Waals surface area (Å²) in [6.07, 6.45) is 6.65. The highest BCUT2D eigenvalue weighted by atomic mass is 127. The summed E-state index contributed by atoms with van der Waals surface area (Å²) in [4.78, 5) is 0. The molecule has 0 amide bonds. The van der Waals surface area contributed by atoms with Crippen LogP contribution in [0.5, 0.6) is 0 Å². The Hall–Kier alpha value is -0.0300. The molecule has 0 spiro atoms. The van der Waals surface area contributed by atoms with Gasteiger partial charge in [0.2, 0.25) is 0 Å². The predicted molar refractivity (Wildman–Crippen MR) is 88.1 cm³/mol. The zero-order valence-corrected chi connectivity index (χ0v) is 14.5. The van der Waals surface area contributed by atoms with Crippen LogP contribution < -0.4 is 5.32 Å². The minimum absolute atomic E-state index is 0.516. The van der Waals surface area contributed by atoms with Crippen LogP contribution in [0, 0.1) is 15.1 Å². The lowest BCUT2D eigenvalue weighted by molar-refractivity contribution is 0.136. The monoisotopic (exact) mass is 375 g/mol. The lowest BCUT2D eigenvalue weighted by atomic mass is 9.69. The van der Waals surface area contributed by atoms with Crippen LogP contribution >= 0.6 is 22.6 Å². The molecule has 0 aromatic carbocycles. The van der Waals surface area contributed by atoms with Crippen LogP contribution in [0.4, 0.5) is 0 Å². The second-order valence-corrected chi connectivity index (χ2v) is 7.54. The van der Waals surface area contributed by atoms with Gasteiger partial charge < -0.3 is 9.73 Å². The van der Waals surface area contributed by atoms with E-state index in [0.29, 0.717) is 11.5 Å². The molecule has 0 unspecified atom stereocenters. The molecule has 1 saturated carbocycles. The van der Waals surface area contributed by atoms with Crippen molar-refractivity contribution < 1.29 is 4.42 Å². The van der Waals surface area contributed by atoms with E-state index in [2.05, 4.69) is 54.7 Å². The van der Waals surface area contributed by atoms with E-state index < -0.39 is 0 Å². The highest BCUT2D eigenvalue weighted by Gasteiger charge is 2.31. The SMILES string of the molecule is CCC(C)(C)C1CCC(NCc2ccc(I)o2)CC1. The van der Waals surface area contributed by atoms with Crippen LogP contribution in [0.2, 0.25) is 0 Å². The third-order valence-electron chi connectivity index (χ3n) is 4.94. The Labute approximate surface area is 130 Å². The second-order valence-electron chi connectivity index (χ2n) is 6.48. The quantitative estimate of drug-likeness (QED) is 0.736. The van der Waals surface area contributed by atoms with Crippen LogP contribution in [0.15, 0.2) is 16.5 Å². The summed E-state index contributed by atoms with van der Waals surface area (Å²) in [5.74, 6) is 1.96. The van der Waals surface area contributed by atoms with Crippen molar-refractivity contribution in [3.63, 3.8) is 0 Å². The minimum atomic E-state index is 0.516. The van der Waals surface area contributed by atoms with E-state index in [9.17, 15) is 0 Å². The number of hydrogen-bond donors (Lipinski definition) is 1. The van der Waals surface area contributed by atoms with Crippen LogP contribution in [0.3, 0.4) is 0 Å². The fourth-order valence-electron chi connectivity index (χ4n) is 3.06. The molecule has 1 fully saturated rings. The largest absolute Gasteiger partial charge is 0.454 e. The lowest BCUT2D eigenvalue weighted by Crippen LogP contribution is -2.36. The zero-order valence-electron chi connectivity index (χ0n) is 12.3. The first-order valence-corrected chi connectivity index (χ1v) is 8.56. The van der Waals surface area contributed by atoms with Crippen molar-refractivity contribution in [2.24, 2.45) is 11.3 Å². The molecule has 1 aliphatic rings. The third-order valence-corrected chi connectivity index (χ3v) is 5.52. The van der Waals surface area contributed by atoms with Gasteiger partial charge in [0.15, 0.2) is 3.77 Å². The lowest BCUT2D eigenvalue weighted by Gasteiger charge is -2.39. The van der Waals surface area contributed by atoms with Gasteiger partial charge in [0.25, 0.3) is 0 Å². The first-order chi connectivity index (χ1) is 9.01. The molecule has 0 saturated heterocycles. The van der Waals surface area contributed by atoms with E-state index >= 15 is 0 Å². The summed E-state index contributed by atoms with van der Waals surface area (Å²) in [6, 6.07) is 4.77. The van der Waals surface area contributed by atoms with Gasteiger partial charge in [-0.15, -0.1) is 0 Å². The van der Waals surface area contributed by atoms with Crippen molar-refractivity contribution in [1.82, 2.24) is 5.32 Å². The summed E-state index contributed by atoms with van der Waals surface area (Å²) in [6.45, 7) is 8.05. The molecular weight excluding hydrogens is 349 g/mol. The van der Waals surface area contributed by atoms with Gasteiger partial charge in [-0.2, -0.15) is 0 Å². The number of nitrogens with one attached hydrogen (secondary N) is 1.